The summed E-state index contributed by atoms with van der Waals surface area (Å²) in [4.78, 5) is 0. The molecule has 8 aromatic carbocycles. The molecule has 0 atom stereocenters. The molecule has 0 bridgehead atoms. The third kappa shape index (κ3) is 4.11. The minimum Gasteiger partial charge on any atom is -0.134 e. The van der Waals surface area contributed by atoms with Crippen molar-refractivity contribution in [3.63, 3.8) is 0 Å². The van der Waals surface area contributed by atoms with Crippen LogP contribution in [0.25, 0.3) is 95.3 Å². The summed E-state index contributed by atoms with van der Waals surface area (Å²) in [7, 11) is 0. The summed E-state index contributed by atoms with van der Waals surface area (Å²) >= 11 is 3.86. The zero-order chi connectivity index (χ0) is 30.2. The van der Waals surface area contributed by atoms with Crippen LogP contribution in [0, 0.1) is 0 Å². The van der Waals surface area contributed by atoms with Crippen molar-refractivity contribution in [2.24, 2.45) is 0 Å². The quantitative estimate of drug-likeness (QED) is 0.185. The van der Waals surface area contributed by atoms with Crippen molar-refractivity contribution in [2.45, 2.75) is 0 Å². The first-order valence-corrected chi connectivity index (χ1v) is 17.3. The third-order valence-electron chi connectivity index (χ3n) is 9.44. The molecule has 0 aliphatic carbocycles. The van der Waals surface area contributed by atoms with E-state index < -0.39 is 0 Å². The molecular weight excluding hydrogens is 593 g/mol. The number of benzene rings is 8. The molecule has 214 valence electrons. The molecule has 0 radical (unpaired) electrons. The molecule has 0 N–H and O–H groups in total. The van der Waals surface area contributed by atoms with Gasteiger partial charge in [-0.05, 0) is 96.0 Å². The third-order valence-corrected chi connectivity index (χ3v) is 11.9. The molecule has 0 aliphatic rings. The molecule has 2 aromatic heterocycles. The Balaban J connectivity index is 0.988. The van der Waals surface area contributed by atoms with Gasteiger partial charge in [-0.15, -0.1) is 22.7 Å². The van der Waals surface area contributed by atoms with Crippen LogP contribution in [-0.4, -0.2) is 0 Å². The largest absolute Gasteiger partial charge is 0.134 e. The maximum Gasteiger partial charge on any atom is 0.0542 e. The molecule has 10 aromatic rings. The van der Waals surface area contributed by atoms with Crippen LogP contribution in [0.3, 0.4) is 0 Å². The fourth-order valence-corrected chi connectivity index (χ4v) is 9.74. The van der Waals surface area contributed by atoms with Crippen molar-refractivity contribution in [3.8, 4) is 33.4 Å². The zero-order valence-electron chi connectivity index (χ0n) is 24.8. The molecule has 2 heteroatoms. The Morgan fingerprint density at radius 2 is 0.761 bits per heavy atom. The summed E-state index contributed by atoms with van der Waals surface area (Å²) in [6.07, 6.45) is 0. The molecule has 0 spiro atoms. The lowest BCUT2D eigenvalue weighted by atomic mass is 9.95. The van der Waals surface area contributed by atoms with Gasteiger partial charge < -0.3 is 0 Å². The SMILES string of the molecule is c1ccc2cc3c(cc2c1)sc1c2cc4cc(-c5ccc(-c6ccc(-c7cccc8ccccc78)cc6)cc5)ccc4cc2sc31. The Morgan fingerprint density at radius 3 is 1.43 bits per heavy atom. The lowest BCUT2D eigenvalue weighted by Crippen LogP contribution is -1.84. The molecule has 10 rings (SSSR count). The summed E-state index contributed by atoms with van der Waals surface area (Å²) in [5.41, 5.74) is 7.47. The second-order valence-electron chi connectivity index (χ2n) is 12.1. The van der Waals surface area contributed by atoms with Gasteiger partial charge in [-0.2, -0.15) is 0 Å². The van der Waals surface area contributed by atoms with E-state index in [1.165, 1.54) is 95.3 Å². The predicted octanol–water partition coefficient (Wildman–Crippen LogP) is 13.7. The van der Waals surface area contributed by atoms with E-state index in [0.717, 1.165) is 0 Å². The molecule has 0 saturated carbocycles. The van der Waals surface area contributed by atoms with Gasteiger partial charge in [0.15, 0.2) is 0 Å². The molecule has 0 aliphatic heterocycles. The number of thiophene rings is 2. The molecule has 0 amide bonds. The Hall–Kier alpha value is -5.28. The van der Waals surface area contributed by atoms with E-state index in [0.29, 0.717) is 0 Å². The van der Waals surface area contributed by atoms with Gasteiger partial charge in [0.05, 0.1) is 9.40 Å². The van der Waals surface area contributed by atoms with E-state index in [2.05, 4.69) is 158 Å². The molecule has 0 nitrogen and oxygen atoms in total. The molecule has 2 heterocycles. The van der Waals surface area contributed by atoms with Gasteiger partial charge in [-0.3, -0.25) is 0 Å². The van der Waals surface area contributed by atoms with Crippen LogP contribution >= 0.6 is 22.7 Å². The van der Waals surface area contributed by atoms with Crippen LogP contribution in [0.2, 0.25) is 0 Å². The van der Waals surface area contributed by atoms with Gasteiger partial charge in [0.1, 0.15) is 0 Å². The zero-order valence-corrected chi connectivity index (χ0v) is 26.5. The fourth-order valence-electron chi connectivity index (χ4n) is 7.04. The lowest BCUT2D eigenvalue weighted by molar-refractivity contribution is 1.59. The highest BCUT2D eigenvalue weighted by Crippen LogP contribution is 2.46. The van der Waals surface area contributed by atoms with E-state index in [9.17, 15) is 0 Å². The summed E-state index contributed by atoms with van der Waals surface area (Å²) in [5, 5.41) is 10.5. The smallest absolute Gasteiger partial charge is 0.0542 e. The van der Waals surface area contributed by atoms with Crippen molar-refractivity contribution in [1.82, 2.24) is 0 Å². The number of hydrogen-bond acceptors (Lipinski definition) is 2. The van der Waals surface area contributed by atoms with Gasteiger partial charge in [0, 0.05) is 20.2 Å². The van der Waals surface area contributed by atoms with Gasteiger partial charge >= 0.3 is 0 Å². The first kappa shape index (κ1) is 26.0. The van der Waals surface area contributed by atoms with E-state index in [-0.39, 0.29) is 0 Å². The maximum absolute atomic E-state index is 2.41. The minimum atomic E-state index is 1.23. The van der Waals surface area contributed by atoms with Crippen molar-refractivity contribution < 1.29 is 0 Å². The van der Waals surface area contributed by atoms with E-state index in [4.69, 9.17) is 0 Å². The molecule has 0 saturated heterocycles. The topological polar surface area (TPSA) is 0 Å². The Kier molecular flexibility index (Phi) is 5.72. The average Bonchev–Trinajstić information content (AvgIpc) is 3.64. The summed E-state index contributed by atoms with van der Waals surface area (Å²) in [5.74, 6) is 0. The van der Waals surface area contributed by atoms with E-state index in [1.807, 2.05) is 22.7 Å². The van der Waals surface area contributed by atoms with Gasteiger partial charge in [-0.25, -0.2) is 0 Å². The van der Waals surface area contributed by atoms with Crippen LogP contribution < -0.4 is 0 Å². The van der Waals surface area contributed by atoms with Gasteiger partial charge in [-0.1, -0.05) is 127 Å². The standard InChI is InChI=1S/C44H26S2/c1-2-8-33-25-41-39(23-32(33)7-1)43-44(45-41)40-24-36-22-34(20-21-35(36)26-42(40)46-43)29-14-12-27(13-15-29)28-16-18-31(19-17-28)38-11-5-9-30-6-3-4-10-37(30)38/h1-26H. The van der Waals surface area contributed by atoms with Gasteiger partial charge in [0.25, 0.3) is 0 Å². The Morgan fingerprint density at radius 1 is 0.283 bits per heavy atom. The first-order valence-electron chi connectivity index (χ1n) is 15.7. The molecule has 0 fully saturated rings. The molecule has 0 unspecified atom stereocenters. The highest BCUT2D eigenvalue weighted by atomic mass is 32.1. The second kappa shape index (κ2) is 10.1. The summed E-state index contributed by atoms with van der Waals surface area (Å²) < 4.78 is 5.57. The monoisotopic (exact) mass is 618 g/mol. The predicted molar refractivity (Wildman–Crippen MR) is 204 cm³/mol. The van der Waals surface area contributed by atoms with Crippen molar-refractivity contribution in [3.05, 3.63) is 158 Å². The van der Waals surface area contributed by atoms with Crippen LogP contribution in [0.15, 0.2) is 158 Å². The van der Waals surface area contributed by atoms with E-state index >= 15 is 0 Å². The lowest BCUT2D eigenvalue weighted by Gasteiger charge is -2.09. The number of fused-ring (bicyclic) bond motifs is 8. The van der Waals surface area contributed by atoms with E-state index in [1.54, 1.807) is 0 Å². The van der Waals surface area contributed by atoms with Crippen LogP contribution in [0.1, 0.15) is 0 Å². The number of hydrogen-bond donors (Lipinski definition) is 0. The van der Waals surface area contributed by atoms with Crippen LogP contribution in [-0.2, 0) is 0 Å². The van der Waals surface area contributed by atoms with Crippen molar-refractivity contribution in [2.75, 3.05) is 0 Å². The average molecular weight is 619 g/mol. The molecular formula is C44H26S2. The highest BCUT2D eigenvalue weighted by Gasteiger charge is 2.14. The summed E-state index contributed by atoms with van der Waals surface area (Å²) in [6, 6.07) is 58.2. The van der Waals surface area contributed by atoms with Crippen molar-refractivity contribution >= 4 is 84.6 Å². The highest BCUT2D eigenvalue weighted by molar-refractivity contribution is 7.36. The maximum atomic E-state index is 2.41. The fraction of sp³-hybridized carbons (Fsp3) is 0. The van der Waals surface area contributed by atoms with Crippen molar-refractivity contribution in [1.29, 1.82) is 0 Å². The van der Waals surface area contributed by atoms with Crippen LogP contribution in [0.4, 0.5) is 0 Å². The Labute approximate surface area is 274 Å². The van der Waals surface area contributed by atoms with Crippen LogP contribution in [0.5, 0.6) is 0 Å². The molecule has 46 heavy (non-hydrogen) atoms. The summed E-state index contributed by atoms with van der Waals surface area (Å²) in [6.45, 7) is 0. The normalized spacial score (nSPS) is 11.9. The second-order valence-corrected chi connectivity index (χ2v) is 14.3. The van der Waals surface area contributed by atoms with Gasteiger partial charge in [0.2, 0.25) is 0 Å². The first-order chi connectivity index (χ1) is 22.7. The minimum absolute atomic E-state index is 1.23. The number of rotatable bonds is 3. The Bertz CT molecular complexity index is 2770.